The van der Waals surface area contributed by atoms with Crippen molar-refractivity contribution in [2.75, 3.05) is 25.2 Å². The highest BCUT2D eigenvalue weighted by molar-refractivity contribution is 8.16. The molecular formula is C20H32O4S2. The van der Waals surface area contributed by atoms with E-state index in [1.807, 2.05) is 61.6 Å². The van der Waals surface area contributed by atoms with Gasteiger partial charge in [0.2, 0.25) is 0 Å². The predicted molar refractivity (Wildman–Crippen MR) is 111 cm³/mol. The van der Waals surface area contributed by atoms with Crippen LogP contribution in [0.1, 0.15) is 39.7 Å². The smallest absolute Gasteiger partial charge is 0.163 e. The van der Waals surface area contributed by atoms with E-state index in [0.717, 1.165) is 29.2 Å². The Hall–Kier alpha value is -0.400. The van der Waals surface area contributed by atoms with Gasteiger partial charge in [-0.2, -0.15) is 0 Å². The van der Waals surface area contributed by atoms with E-state index in [-0.39, 0.29) is 12.2 Å². The first-order valence-electron chi connectivity index (χ1n) is 9.27. The molecule has 0 spiro atoms. The first-order valence-corrected chi connectivity index (χ1v) is 11.4. The third-order valence-corrected chi connectivity index (χ3v) is 6.81. The van der Waals surface area contributed by atoms with Crippen molar-refractivity contribution in [3.05, 3.63) is 29.8 Å². The summed E-state index contributed by atoms with van der Waals surface area (Å²) in [6.07, 6.45) is 0.944. The molecule has 1 aliphatic heterocycles. The van der Waals surface area contributed by atoms with E-state index in [1.54, 1.807) is 7.11 Å². The van der Waals surface area contributed by atoms with Crippen LogP contribution in [0.2, 0.25) is 0 Å². The van der Waals surface area contributed by atoms with Crippen LogP contribution in [0.3, 0.4) is 0 Å². The molecule has 4 nitrogen and oxygen atoms in total. The molecule has 0 bridgehead atoms. The van der Waals surface area contributed by atoms with Crippen LogP contribution in [0.4, 0.5) is 0 Å². The summed E-state index contributed by atoms with van der Waals surface area (Å²) in [7, 11) is 1.68. The minimum Gasteiger partial charge on any atom is -0.497 e. The summed E-state index contributed by atoms with van der Waals surface area (Å²) >= 11 is 3.97. The van der Waals surface area contributed by atoms with E-state index < -0.39 is 5.79 Å². The highest BCUT2D eigenvalue weighted by Gasteiger charge is 2.38. The monoisotopic (exact) mass is 400 g/mol. The Morgan fingerprint density at radius 3 is 2.31 bits per heavy atom. The maximum Gasteiger partial charge on any atom is 0.163 e. The van der Waals surface area contributed by atoms with Crippen LogP contribution >= 0.6 is 23.5 Å². The molecule has 0 amide bonds. The molecule has 148 valence electrons. The molecule has 2 rings (SSSR count). The molecule has 0 saturated carbocycles. The van der Waals surface area contributed by atoms with Gasteiger partial charge in [0.1, 0.15) is 11.9 Å². The maximum absolute atomic E-state index is 6.33. The zero-order chi connectivity index (χ0) is 19.0. The van der Waals surface area contributed by atoms with Crippen molar-refractivity contribution in [3.63, 3.8) is 0 Å². The second kappa shape index (κ2) is 10.8. The standard InChI is InChI=1S/C20H32O4S2/c1-6-25-19(26-7-2)12-17(18-14-23-20(3,4)24-18)22-13-15-8-10-16(21-5)11-9-15/h8-11,17-19H,6-7,12-14H2,1-5H3. The Bertz CT molecular complexity index is 515. The van der Waals surface area contributed by atoms with Crippen LogP contribution in [0, 0.1) is 0 Å². The number of rotatable bonds is 11. The minimum atomic E-state index is -0.530. The molecule has 26 heavy (non-hydrogen) atoms. The molecule has 1 aromatic rings. The summed E-state index contributed by atoms with van der Waals surface area (Å²) in [6.45, 7) is 9.49. The fraction of sp³-hybridized carbons (Fsp3) is 0.700. The molecule has 0 radical (unpaired) electrons. The summed E-state index contributed by atoms with van der Waals surface area (Å²) in [5, 5.41) is 0. The molecule has 0 aliphatic carbocycles. The Kier molecular flexibility index (Phi) is 9.10. The third kappa shape index (κ3) is 6.97. The number of thioether (sulfide) groups is 2. The molecular weight excluding hydrogens is 368 g/mol. The molecule has 2 atom stereocenters. The summed E-state index contributed by atoms with van der Waals surface area (Å²) in [5.74, 6) is 2.54. The Morgan fingerprint density at radius 2 is 1.81 bits per heavy atom. The first-order chi connectivity index (χ1) is 12.5. The summed E-state index contributed by atoms with van der Waals surface area (Å²) in [6, 6.07) is 8.03. The van der Waals surface area contributed by atoms with Gasteiger partial charge in [-0.25, -0.2) is 0 Å². The predicted octanol–water partition coefficient (Wildman–Crippen LogP) is 4.95. The highest BCUT2D eigenvalue weighted by atomic mass is 32.2. The van der Waals surface area contributed by atoms with E-state index in [1.165, 1.54) is 0 Å². The van der Waals surface area contributed by atoms with Gasteiger partial charge in [0.05, 0.1) is 31.0 Å². The lowest BCUT2D eigenvalue weighted by atomic mass is 10.1. The first kappa shape index (κ1) is 21.9. The average Bonchev–Trinajstić information content (AvgIpc) is 2.99. The number of benzene rings is 1. The zero-order valence-corrected chi connectivity index (χ0v) is 18.2. The van der Waals surface area contributed by atoms with E-state index in [4.69, 9.17) is 18.9 Å². The fourth-order valence-electron chi connectivity index (χ4n) is 2.90. The van der Waals surface area contributed by atoms with Gasteiger partial charge >= 0.3 is 0 Å². The van der Waals surface area contributed by atoms with Crippen LogP contribution in [0.25, 0.3) is 0 Å². The summed E-state index contributed by atoms with van der Waals surface area (Å²) in [4.78, 5) is 0. The Morgan fingerprint density at radius 1 is 1.15 bits per heavy atom. The van der Waals surface area contributed by atoms with Crippen molar-refractivity contribution in [3.8, 4) is 5.75 Å². The molecule has 1 saturated heterocycles. The van der Waals surface area contributed by atoms with Crippen molar-refractivity contribution in [1.82, 2.24) is 0 Å². The number of methoxy groups -OCH3 is 1. The summed E-state index contributed by atoms with van der Waals surface area (Å²) in [5.41, 5.74) is 1.14. The lowest BCUT2D eigenvalue weighted by Crippen LogP contribution is -2.35. The number of hydrogen-bond acceptors (Lipinski definition) is 6. The van der Waals surface area contributed by atoms with Crippen molar-refractivity contribution in [2.45, 2.75) is 63.3 Å². The Labute approximate surface area is 166 Å². The van der Waals surface area contributed by atoms with Crippen LogP contribution in [-0.4, -0.2) is 47.8 Å². The van der Waals surface area contributed by atoms with Crippen LogP contribution in [-0.2, 0) is 20.8 Å². The van der Waals surface area contributed by atoms with Crippen LogP contribution < -0.4 is 4.74 Å². The van der Waals surface area contributed by atoms with E-state index >= 15 is 0 Å². The molecule has 0 aromatic heterocycles. The van der Waals surface area contributed by atoms with Gasteiger partial charge < -0.3 is 18.9 Å². The van der Waals surface area contributed by atoms with Crippen LogP contribution in [0.15, 0.2) is 24.3 Å². The average molecular weight is 401 g/mol. The lowest BCUT2D eigenvalue weighted by molar-refractivity contribution is -0.158. The van der Waals surface area contributed by atoms with Gasteiger partial charge in [0, 0.05) is 0 Å². The molecule has 1 fully saturated rings. The third-order valence-electron chi connectivity index (χ3n) is 4.20. The van der Waals surface area contributed by atoms with E-state index in [0.29, 0.717) is 17.8 Å². The van der Waals surface area contributed by atoms with Gasteiger partial charge in [-0.05, 0) is 49.5 Å². The quantitative estimate of drug-likeness (QED) is 0.489. The highest BCUT2D eigenvalue weighted by Crippen LogP contribution is 2.33. The fourth-order valence-corrected chi connectivity index (χ4v) is 5.49. The molecule has 1 aromatic carbocycles. The molecule has 1 heterocycles. The molecule has 2 unspecified atom stereocenters. The molecule has 6 heteroatoms. The normalized spacial score (nSPS) is 20.5. The van der Waals surface area contributed by atoms with Crippen molar-refractivity contribution < 1.29 is 18.9 Å². The van der Waals surface area contributed by atoms with Gasteiger partial charge in [0.25, 0.3) is 0 Å². The van der Waals surface area contributed by atoms with Gasteiger partial charge in [-0.1, -0.05) is 26.0 Å². The van der Waals surface area contributed by atoms with E-state index in [2.05, 4.69) is 13.8 Å². The minimum absolute atomic E-state index is 0.0157. The van der Waals surface area contributed by atoms with Crippen molar-refractivity contribution >= 4 is 23.5 Å². The number of ether oxygens (including phenoxy) is 4. The largest absolute Gasteiger partial charge is 0.497 e. The molecule has 1 aliphatic rings. The lowest BCUT2D eigenvalue weighted by Gasteiger charge is -2.27. The number of hydrogen-bond donors (Lipinski definition) is 0. The Balaban J connectivity index is 2.01. The van der Waals surface area contributed by atoms with Crippen molar-refractivity contribution in [1.29, 1.82) is 0 Å². The van der Waals surface area contributed by atoms with Gasteiger partial charge in [-0.3, -0.25) is 0 Å². The second-order valence-corrected chi connectivity index (χ2v) is 9.90. The second-order valence-electron chi connectivity index (χ2n) is 6.64. The van der Waals surface area contributed by atoms with Gasteiger partial charge in [0.15, 0.2) is 5.79 Å². The van der Waals surface area contributed by atoms with Crippen LogP contribution in [0.5, 0.6) is 5.75 Å². The topological polar surface area (TPSA) is 36.9 Å². The van der Waals surface area contributed by atoms with Gasteiger partial charge in [-0.15, -0.1) is 23.5 Å². The van der Waals surface area contributed by atoms with Crippen molar-refractivity contribution in [2.24, 2.45) is 0 Å². The zero-order valence-electron chi connectivity index (χ0n) is 16.5. The molecule has 0 N–H and O–H groups in total. The SMILES string of the molecule is CCSC(CC(OCc1ccc(OC)cc1)C1COC(C)(C)O1)SCC. The maximum atomic E-state index is 6.33. The van der Waals surface area contributed by atoms with E-state index in [9.17, 15) is 0 Å². The summed E-state index contributed by atoms with van der Waals surface area (Å²) < 4.78 is 24.0.